The van der Waals surface area contributed by atoms with E-state index in [1.807, 2.05) is 0 Å². The van der Waals surface area contributed by atoms with Crippen LogP contribution in [0.4, 0.5) is 0 Å². The van der Waals surface area contributed by atoms with Gasteiger partial charge < -0.3 is 14.6 Å². The lowest BCUT2D eigenvalue weighted by atomic mass is 10.2. The molecule has 0 bridgehead atoms. The molecule has 2 amide bonds. The molecule has 0 spiro atoms. The predicted molar refractivity (Wildman–Crippen MR) is 91.7 cm³/mol. The second kappa shape index (κ2) is 7.86. The summed E-state index contributed by atoms with van der Waals surface area (Å²) in [4.78, 5) is 25.3. The smallest absolute Gasteiger partial charge is 0.287 e. The van der Waals surface area contributed by atoms with Gasteiger partial charge in [0.2, 0.25) is 5.91 Å². The number of furan rings is 1. The van der Waals surface area contributed by atoms with Crippen LogP contribution in [0.25, 0.3) is 0 Å². The molecule has 0 saturated heterocycles. The van der Waals surface area contributed by atoms with E-state index in [0.717, 1.165) is 5.56 Å². The minimum Gasteiger partial charge on any atom is -0.444 e. The normalized spacial score (nSPS) is 10.4. The van der Waals surface area contributed by atoms with E-state index in [4.69, 9.17) is 27.6 Å². The van der Waals surface area contributed by atoms with Crippen LogP contribution in [0, 0.1) is 0 Å². The highest BCUT2D eigenvalue weighted by atomic mass is 79.9. The quantitative estimate of drug-likeness (QED) is 0.802. The van der Waals surface area contributed by atoms with E-state index >= 15 is 0 Å². The maximum absolute atomic E-state index is 12.1. The first-order valence-electron chi connectivity index (χ1n) is 6.59. The van der Waals surface area contributed by atoms with Crippen LogP contribution in [0.1, 0.15) is 16.1 Å². The summed E-state index contributed by atoms with van der Waals surface area (Å²) in [7, 11) is 1.62. The van der Waals surface area contributed by atoms with Gasteiger partial charge in [0.15, 0.2) is 10.4 Å². The zero-order chi connectivity index (χ0) is 17.0. The number of carbonyl (C=O) groups is 2. The monoisotopic (exact) mass is 418 g/mol. The molecule has 1 heterocycles. The van der Waals surface area contributed by atoms with Crippen molar-refractivity contribution >= 4 is 50.9 Å². The molecule has 0 aliphatic rings. The molecular weight excluding hydrogens is 407 g/mol. The number of halogens is 3. The minimum atomic E-state index is -0.460. The summed E-state index contributed by atoms with van der Waals surface area (Å²) in [6, 6.07) is 8.34. The Hall–Kier alpha value is -1.50. The van der Waals surface area contributed by atoms with Gasteiger partial charge in [-0.15, -0.1) is 0 Å². The van der Waals surface area contributed by atoms with Gasteiger partial charge in [-0.25, -0.2) is 0 Å². The summed E-state index contributed by atoms with van der Waals surface area (Å²) in [5.41, 5.74) is 0.733. The maximum Gasteiger partial charge on any atom is 0.287 e. The zero-order valence-electron chi connectivity index (χ0n) is 12.1. The molecule has 5 nitrogen and oxygen atoms in total. The third-order valence-electron chi connectivity index (χ3n) is 3.06. The first kappa shape index (κ1) is 17.8. The number of benzene rings is 1. The molecule has 1 aromatic carbocycles. The molecule has 2 rings (SSSR count). The molecule has 0 fully saturated rings. The lowest BCUT2D eigenvalue weighted by Gasteiger charge is -2.18. The van der Waals surface area contributed by atoms with Crippen molar-refractivity contribution in [2.45, 2.75) is 6.54 Å². The SMILES string of the molecule is CN(Cc1cccc(Cl)c1Cl)C(=O)CNC(=O)c1ccc(Br)o1. The van der Waals surface area contributed by atoms with E-state index in [1.165, 1.54) is 11.0 Å². The van der Waals surface area contributed by atoms with Crippen molar-refractivity contribution in [1.29, 1.82) is 0 Å². The van der Waals surface area contributed by atoms with Crippen LogP contribution in [0.15, 0.2) is 39.4 Å². The fraction of sp³-hybridized carbons (Fsp3) is 0.200. The van der Waals surface area contributed by atoms with E-state index in [9.17, 15) is 9.59 Å². The van der Waals surface area contributed by atoms with E-state index in [2.05, 4.69) is 21.2 Å². The Morgan fingerprint density at radius 3 is 2.65 bits per heavy atom. The number of rotatable bonds is 5. The largest absolute Gasteiger partial charge is 0.444 e. The van der Waals surface area contributed by atoms with Crippen LogP contribution >= 0.6 is 39.1 Å². The maximum atomic E-state index is 12.1. The van der Waals surface area contributed by atoms with Gasteiger partial charge in [0, 0.05) is 13.6 Å². The number of nitrogens with zero attached hydrogens (tertiary/aromatic N) is 1. The van der Waals surface area contributed by atoms with Crippen molar-refractivity contribution in [1.82, 2.24) is 10.2 Å². The van der Waals surface area contributed by atoms with Gasteiger partial charge in [0.1, 0.15) is 0 Å². The van der Waals surface area contributed by atoms with Crippen LogP contribution in [-0.2, 0) is 11.3 Å². The fourth-order valence-electron chi connectivity index (χ4n) is 1.83. The van der Waals surface area contributed by atoms with Gasteiger partial charge in [0.05, 0.1) is 16.6 Å². The molecule has 0 atom stereocenters. The molecule has 1 aromatic heterocycles. The van der Waals surface area contributed by atoms with Crippen molar-refractivity contribution in [3.8, 4) is 0 Å². The van der Waals surface area contributed by atoms with Gasteiger partial charge in [-0.2, -0.15) is 0 Å². The standard InChI is InChI=1S/C15H13BrCl2N2O3/c1-20(8-9-3-2-4-10(17)14(9)18)13(21)7-19-15(22)11-5-6-12(16)23-11/h2-6H,7-8H2,1H3,(H,19,22). The van der Waals surface area contributed by atoms with Crippen molar-refractivity contribution < 1.29 is 14.0 Å². The molecule has 23 heavy (non-hydrogen) atoms. The Morgan fingerprint density at radius 1 is 1.26 bits per heavy atom. The topological polar surface area (TPSA) is 62.6 Å². The molecule has 0 aliphatic heterocycles. The molecule has 0 radical (unpaired) electrons. The van der Waals surface area contributed by atoms with Gasteiger partial charge >= 0.3 is 0 Å². The van der Waals surface area contributed by atoms with Crippen molar-refractivity contribution in [3.63, 3.8) is 0 Å². The van der Waals surface area contributed by atoms with Crippen molar-refractivity contribution in [3.05, 3.63) is 56.4 Å². The second-order valence-corrected chi connectivity index (χ2v) is 6.32. The Kier molecular flexibility index (Phi) is 6.10. The Morgan fingerprint density at radius 2 is 2.00 bits per heavy atom. The van der Waals surface area contributed by atoms with Gasteiger partial charge in [-0.3, -0.25) is 9.59 Å². The number of carbonyl (C=O) groups excluding carboxylic acids is 2. The minimum absolute atomic E-state index is 0.130. The predicted octanol–water partition coefficient (Wildman–Crippen LogP) is 3.74. The Bertz CT molecular complexity index is 733. The average molecular weight is 420 g/mol. The number of hydrogen-bond donors (Lipinski definition) is 1. The number of amides is 2. The molecule has 2 aromatic rings. The lowest BCUT2D eigenvalue weighted by Crippen LogP contribution is -2.37. The van der Waals surface area contributed by atoms with E-state index < -0.39 is 5.91 Å². The zero-order valence-corrected chi connectivity index (χ0v) is 15.2. The molecule has 0 aliphatic carbocycles. The summed E-state index contributed by atoms with van der Waals surface area (Å²) in [5.74, 6) is -0.594. The summed E-state index contributed by atoms with van der Waals surface area (Å²) in [6.07, 6.45) is 0. The molecule has 0 unspecified atom stereocenters. The van der Waals surface area contributed by atoms with E-state index in [0.29, 0.717) is 21.3 Å². The van der Waals surface area contributed by atoms with Crippen LogP contribution in [0.2, 0.25) is 10.0 Å². The van der Waals surface area contributed by atoms with E-state index in [1.54, 1.807) is 31.3 Å². The van der Waals surface area contributed by atoms with Crippen molar-refractivity contribution in [2.24, 2.45) is 0 Å². The molecule has 8 heteroatoms. The summed E-state index contributed by atoms with van der Waals surface area (Å²) in [6.45, 7) is 0.145. The Labute approximate surface area is 151 Å². The second-order valence-electron chi connectivity index (χ2n) is 4.75. The van der Waals surface area contributed by atoms with Crippen LogP contribution in [0.3, 0.4) is 0 Å². The van der Waals surface area contributed by atoms with Crippen LogP contribution in [-0.4, -0.2) is 30.3 Å². The number of nitrogens with one attached hydrogen (secondary N) is 1. The van der Waals surface area contributed by atoms with Crippen LogP contribution < -0.4 is 5.32 Å². The molecule has 0 saturated carbocycles. The number of hydrogen-bond acceptors (Lipinski definition) is 3. The number of likely N-dealkylation sites (N-methyl/N-ethyl adjacent to an activating group) is 1. The van der Waals surface area contributed by atoms with Gasteiger partial charge in [0.25, 0.3) is 5.91 Å². The third-order valence-corrected chi connectivity index (χ3v) is 4.35. The third kappa shape index (κ3) is 4.73. The van der Waals surface area contributed by atoms with Gasteiger partial charge in [-0.1, -0.05) is 35.3 Å². The van der Waals surface area contributed by atoms with Gasteiger partial charge in [-0.05, 0) is 39.7 Å². The van der Waals surface area contributed by atoms with Crippen molar-refractivity contribution in [2.75, 3.05) is 13.6 Å². The highest BCUT2D eigenvalue weighted by Gasteiger charge is 2.15. The summed E-state index contributed by atoms with van der Waals surface area (Å²) >= 11 is 15.1. The first-order valence-corrected chi connectivity index (χ1v) is 8.13. The lowest BCUT2D eigenvalue weighted by molar-refractivity contribution is -0.129. The summed E-state index contributed by atoms with van der Waals surface area (Å²) in [5, 5.41) is 3.35. The van der Waals surface area contributed by atoms with E-state index in [-0.39, 0.29) is 18.2 Å². The highest BCUT2D eigenvalue weighted by Crippen LogP contribution is 2.26. The highest BCUT2D eigenvalue weighted by molar-refractivity contribution is 9.10. The summed E-state index contributed by atoms with van der Waals surface area (Å²) < 4.78 is 5.56. The molecule has 1 N–H and O–H groups in total. The average Bonchev–Trinajstić information content (AvgIpc) is 2.95. The molecule has 122 valence electrons. The Balaban J connectivity index is 1.90. The molecular formula is C15H13BrCl2N2O3. The first-order chi connectivity index (χ1) is 10.9. The van der Waals surface area contributed by atoms with Crippen LogP contribution in [0.5, 0.6) is 0 Å². The fourth-order valence-corrected chi connectivity index (χ4v) is 2.51.